The number of aliphatic hydroxyl groups excluding tert-OH is 1. The Morgan fingerprint density at radius 3 is 2.23 bits per heavy atom. The Labute approximate surface area is 152 Å². The Hall–Kier alpha value is -2.86. The van der Waals surface area contributed by atoms with Crippen molar-refractivity contribution in [2.24, 2.45) is 0 Å². The first kappa shape index (κ1) is 17.9. The van der Waals surface area contributed by atoms with E-state index in [0.29, 0.717) is 18.5 Å². The van der Waals surface area contributed by atoms with Gasteiger partial charge in [0.25, 0.3) is 5.91 Å². The number of benzene rings is 2. The number of rotatable bonds is 5. The lowest BCUT2D eigenvalue weighted by molar-refractivity contribution is -0.138. The molecular formula is C20H22N2O4. The van der Waals surface area contributed by atoms with Crippen LogP contribution in [0.3, 0.4) is 0 Å². The highest BCUT2D eigenvalue weighted by atomic mass is 16.4. The number of hydrogen-bond acceptors (Lipinski definition) is 3. The van der Waals surface area contributed by atoms with Gasteiger partial charge in [0.05, 0.1) is 6.10 Å². The summed E-state index contributed by atoms with van der Waals surface area (Å²) in [5, 5.41) is 21.8. The van der Waals surface area contributed by atoms with Gasteiger partial charge < -0.3 is 20.4 Å². The van der Waals surface area contributed by atoms with Crippen LogP contribution in [-0.4, -0.2) is 46.3 Å². The van der Waals surface area contributed by atoms with E-state index in [4.69, 9.17) is 0 Å². The highest BCUT2D eigenvalue weighted by Crippen LogP contribution is 2.30. The van der Waals surface area contributed by atoms with Gasteiger partial charge in [0.2, 0.25) is 0 Å². The van der Waals surface area contributed by atoms with Crippen LogP contribution in [0.25, 0.3) is 0 Å². The summed E-state index contributed by atoms with van der Waals surface area (Å²) in [6.45, 7) is 0.619. The third kappa shape index (κ3) is 3.70. The molecule has 3 N–H and O–H groups in total. The summed E-state index contributed by atoms with van der Waals surface area (Å²) >= 11 is 0. The number of hydrogen-bond donors (Lipinski definition) is 3. The van der Waals surface area contributed by atoms with Crippen molar-refractivity contribution in [3.05, 3.63) is 71.8 Å². The minimum atomic E-state index is -1.45. The van der Waals surface area contributed by atoms with Crippen molar-refractivity contribution < 1.29 is 19.8 Å². The highest BCUT2D eigenvalue weighted by molar-refractivity contribution is 5.91. The van der Waals surface area contributed by atoms with Gasteiger partial charge in [-0.05, 0) is 17.5 Å². The first-order valence-electron chi connectivity index (χ1n) is 8.59. The van der Waals surface area contributed by atoms with Gasteiger partial charge in [-0.15, -0.1) is 0 Å². The van der Waals surface area contributed by atoms with Crippen molar-refractivity contribution in [3.8, 4) is 0 Å². The fourth-order valence-electron chi connectivity index (χ4n) is 3.47. The number of nitrogens with one attached hydrogen (secondary N) is 1. The second-order valence-electron chi connectivity index (χ2n) is 6.56. The number of likely N-dealkylation sites (tertiary alicyclic amines) is 1. The molecule has 0 spiro atoms. The molecule has 3 rings (SSSR count). The van der Waals surface area contributed by atoms with E-state index >= 15 is 0 Å². The standard InChI is InChI=1S/C20H22N2O4/c23-17-11-12-22(14-17)18(24)20(21-19(25)26,16-9-5-2-6-10-16)13-15-7-3-1-4-8-15/h1-10,17,21,23H,11-14H2,(H,25,26)/t17-,20-/m0/s1. The van der Waals surface area contributed by atoms with E-state index in [2.05, 4.69) is 5.32 Å². The van der Waals surface area contributed by atoms with Gasteiger partial charge >= 0.3 is 6.09 Å². The van der Waals surface area contributed by atoms with Gasteiger partial charge in [-0.2, -0.15) is 0 Å². The summed E-state index contributed by atoms with van der Waals surface area (Å²) in [7, 11) is 0. The third-order valence-corrected chi connectivity index (χ3v) is 4.71. The van der Waals surface area contributed by atoms with Crippen LogP contribution in [0.5, 0.6) is 0 Å². The lowest BCUT2D eigenvalue weighted by atomic mass is 9.82. The minimum Gasteiger partial charge on any atom is -0.465 e. The number of amides is 2. The average Bonchev–Trinajstić information content (AvgIpc) is 3.08. The minimum absolute atomic E-state index is 0.190. The van der Waals surface area contributed by atoms with Gasteiger partial charge in [0, 0.05) is 19.5 Å². The molecule has 6 nitrogen and oxygen atoms in total. The number of carbonyl (C=O) groups excluding carboxylic acids is 1. The number of β-amino-alcohol motifs (C(OH)–C–C–N with tert-alkyl or cyclic N) is 1. The van der Waals surface area contributed by atoms with Crippen LogP contribution in [0.2, 0.25) is 0 Å². The molecule has 0 bridgehead atoms. The van der Waals surface area contributed by atoms with Crippen molar-refractivity contribution in [2.45, 2.75) is 24.5 Å². The highest BCUT2D eigenvalue weighted by Gasteiger charge is 2.45. The topological polar surface area (TPSA) is 89.9 Å². The van der Waals surface area contributed by atoms with E-state index in [1.54, 1.807) is 24.3 Å². The summed E-state index contributed by atoms with van der Waals surface area (Å²) < 4.78 is 0. The summed E-state index contributed by atoms with van der Waals surface area (Å²) in [5.74, 6) is -0.341. The van der Waals surface area contributed by atoms with Gasteiger partial charge in [-0.1, -0.05) is 60.7 Å². The fraction of sp³-hybridized carbons (Fsp3) is 0.300. The number of nitrogens with zero attached hydrogens (tertiary/aromatic N) is 1. The quantitative estimate of drug-likeness (QED) is 0.766. The number of carboxylic acid groups (broad SMARTS) is 1. The molecule has 1 heterocycles. The van der Waals surface area contributed by atoms with Crippen LogP contribution in [0, 0.1) is 0 Å². The van der Waals surface area contributed by atoms with Gasteiger partial charge in [0.1, 0.15) is 0 Å². The summed E-state index contributed by atoms with van der Waals surface area (Å²) in [4.78, 5) is 26.6. The predicted octanol–water partition coefficient (Wildman–Crippen LogP) is 1.99. The Bertz CT molecular complexity index is 766. The van der Waals surface area contributed by atoms with Crippen LogP contribution in [0.1, 0.15) is 17.5 Å². The molecule has 2 atom stereocenters. The molecule has 136 valence electrons. The molecular weight excluding hydrogens is 332 g/mol. The van der Waals surface area contributed by atoms with Crippen LogP contribution in [0.15, 0.2) is 60.7 Å². The lowest BCUT2D eigenvalue weighted by Crippen LogP contribution is -2.58. The van der Waals surface area contributed by atoms with Crippen LogP contribution in [-0.2, 0) is 16.8 Å². The monoisotopic (exact) mass is 354 g/mol. The largest absolute Gasteiger partial charge is 0.465 e. The lowest BCUT2D eigenvalue weighted by Gasteiger charge is -2.36. The van der Waals surface area contributed by atoms with Gasteiger partial charge in [-0.25, -0.2) is 4.79 Å². The Kier molecular flexibility index (Phi) is 5.23. The van der Waals surface area contributed by atoms with Crippen molar-refractivity contribution in [1.82, 2.24) is 10.2 Å². The first-order valence-corrected chi connectivity index (χ1v) is 8.59. The number of aliphatic hydroxyl groups is 1. The van der Waals surface area contributed by atoms with E-state index < -0.39 is 17.7 Å². The van der Waals surface area contributed by atoms with Crippen molar-refractivity contribution >= 4 is 12.0 Å². The normalized spacial score (nSPS) is 19.0. The van der Waals surface area contributed by atoms with E-state index in [0.717, 1.165) is 5.56 Å². The molecule has 0 aromatic heterocycles. The molecule has 1 fully saturated rings. The molecule has 1 aliphatic heterocycles. The summed E-state index contributed by atoms with van der Waals surface area (Å²) in [6.07, 6.45) is -1.16. The van der Waals surface area contributed by atoms with Crippen LogP contribution < -0.4 is 5.32 Å². The molecule has 0 unspecified atom stereocenters. The van der Waals surface area contributed by atoms with Gasteiger partial charge in [0.15, 0.2) is 5.54 Å². The Morgan fingerprint density at radius 1 is 1.08 bits per heavy atom. The maximum absolute atomic E-state index is 13.4. The second kappa shape index (κ2) is 7.58. The van der Waals surface area contributed by atoms with E-state index in [-0.39, 0.29) is 18.9 Å². The molecule has 1 saturated heterocycles. The molecule has 6 heteroatoms. The fourth-order valence-corrected chi connectivity index (χ4v) is 3.47. The molecule has 0 radical (unpaired) electrons. The third-order valence-electron chi connectivity index (χ3n) is 4.71. The maximum atomic E-state index is 13.4. The van der Waals surface area contributed by atoms with Crippen LogP contribution >= 0.6 is 0 Å². The van der Waals surface area contributed by atoms with E-state index in [1.807, 2.05) is 36.4 Å². The zero-order chi connectivity index (χ0) is 18.6. The van der Waals surface area contributed by atoms with Crippen LogP contribution in [0.4, 0.5) is 4.79 Å². The second-order valence-corrected chi connectivity index (χ2v) is 6.56. The smallest absolute Gasteiger partial charge is 0.405 e. The zero-order valence-corrected chi connectivity index (χ0v) is 14.3. The Morgan fingerprint density at radius 2 is 1.69 bits per heavy atom. The summed E-state index contributed by atoms with van der Waals surface area (Å²) in [6, 6.07) is 18.2. The molecule has 2 amide bonds. The zero-order valence-electron chi connectivity index (χ0n) is 14.3. The number of carbonyl (C=O) groups is 2. The van der Waals surface area contributed by atoms with E-state index in [1.165, 1.54) is 4.90 Å². The predicted molar refractivity (Wildman–Crippen MR) is 96.6 cm³/mol. The summed E-state index contributed by atoms with van der Waals surface area (Å²) in [5.41, 5.74) is -0.0192. The molecule has 0 aliphatic carbocycles. The molecule has 26 heavy (non-hydrogen) atoms. The van der Waals surface area contributed by atoms with Crippen molar-refractivity contribution in [1.29, 1.82) is 0 Å². The van der Waals surface area contributed by atoms with Crippen molar-refractivity contribution in [2.75, 3.05) is 13.1 Å². The average molecular weight is 354 g/mol. The SMILES string of the molecule is O=C(O)N[C@](Cc1ccccc1)(C(=O)N1CC[C@H](O)C1)c1ccccc1. The molecule has 0 saturated carbocycles. The molecule has 1 aliphatic rings. The van der Waals surface area contributed by atoms with Crippen molar-refractivity contribution in [3.63, 3.8) is 0 Å². The first-order chi connectivity index (χ1) is 12.5. The van der Waals surface area contributed by atoms with Gasteiger partial charge in [-0.3, -0.25) is 4.79 Å². The maximum Gasteiger partial charge on any atom is 0.405 e. The molecule has 2 aromatic rings. The Balaban J connectivity index is 2.07. The van der Waals surface area contributed by atoms with E-state index in [9.17, 15) is 19.8 Å². The molecule has 2 aromatic carbocycles.